The Labute approximate surface area is 117 Å². The van der Waals surface area contributed by atoms with Crippen LogP contribution in [0.15, 0.2) is 30.5 Å². The van der Waals surface area contributed by atoms with E-state index in [1.165, 1.54) is 0 Å². The van der Waals surface area contributed by atoms with Gasteiger partial charge in [0.05, 0.1) is 6.10 Å². The van der Waals surface area contributed by atoms with Crippen molar-refractivity contribution in [2.45, 2.75) is 32.0 Å². The predicted molar refractivity (Wildman–Crippen MR) is 77.3 cm³/mol. The first-order chi connectivity index (χ1) is 9.65. The molecule has 2 aromatic rings. The SMILES string of the molecule is CC1CC(O)CN1C(=O)NCc1c[nH]c2ccccc12. The van der Waals surface area contributed by atoms with E-state index < -0.39 is 6.10 Å². The summed E-state index contributed by atoms with van der Waals surface area (Å²) in [5, 5.41) is 13.6. The van der Waals surface area contributed by atoms with Crippen molar-refractivity contribution in [3.8, 4) is 0 Å². The molecule has 0 bridgehead atoms. The second kappa shape index (κ2) is 5.17. The zero-order chi connectivity index (χ0) is 14.1. The van der Waals surface area contributed by atoms with Gasteiger partial charge in [-0.2, -0.15) is 0 Å². The average Bonchev–Trinajstić information content (AvgIpc) is 2.99. The van der Waals surface area contributed by atoms with Gasteiger partial charge >= 0.3 is 6.03 Å². The number of aromatic nitrogens is 1. The molecule has 2 unspecified atom stereocenters. The number of nitrogens with zero attached hydrogens (tertiary/aromatic N) is 1. The number of urea groups is 1. The molecule has 3 rings (SSSR count). The number of benzene rings is 1. The van der Waals surface area contributed by atoms with Crippen LogP contribution >= 0.6 is 0 Å². The van der Waals surface area contributed by atoms with Crippen LogP contribution in [-0.4, -0.2) is 39.7 Å². The molecule has 106 valence electrons. The lowest BCUT2D eigenvalue weighted by molar-refractivity contribution is 0.170. The lowest BCUT2D eigenvalue weighted by Crippen LogP contribution is -2.41. The van der Waals surface area contributed by atoms with E-state index >= 15 is 0 Å². The van der Waals surface area contributed by atoms with Crippen molar-refractivity contribution in [3.05, 3.63) is 36.0 Å². The van der Waals surface area contributed by atoms with Gasteiger partial charge in [0.25, 0.3) is 0 Å². The van der Waals surface area contributed by atoms with Gasteiger partial charge in [-0.15, -0.1) is 0 Å². The van der Waals surface area contributed by atoms with Gasteiger partial charge in [-0.05, 0) is 25.0 Å². The Morgan fingerprint density at radius 3 is 3.05 bits per heavy atom. The number of carbonyl (C=O) groups excluding carboxylic acids is 1. The Morgan fingerprint density at radius 1 is 1.50 bits per heavy atom. The van der Waals surface area contributed by atoms with Gasteiger partial charge in [0.1, 0.15) is 0 Å². The minimum absolute atomic E-state index is 0.0907. The quantitative estimate of drug-likeness (QED) is 0.781. The number of β-amino-alcohol motifs (C(OH)–C–C–N with tert-alkyl or cyclic N) is 1. The van der Waals surface area contributed by atoms with Crippen LogP contribution in [0.1, 0.15) is 18.9 Å². The van der Waals surface area contributed by atoms with Gasteiger partial charge in [0.15, 0.2) is 0 Å². The maximum absolute atomic E-state index is 12.1. The topological polar surface area (TPSA) is 68.4 Å². The Kier molecular flexibility index (Phi) is 3.36. The van der Waals surface area contributed by atoms with Gasteiger partial charge < -0.3 is 20.3 Å². The molecule has 1 aromatic heterocycles. The maximum Gasteiger partial charge on any atom is 0.317 e. The number of carbonyl (C=O) groups is 1. The van der Waals surface area contributed by atoms with E-state index in [4.69, 9.17) is 0 Å². The number of aliphatic hydroxyl groups is 1. The largest absolute Gasteiger partial charge is 0.391 e. The second-order valence-electron chi connectivity index (χ2n) is 5.41. The van der Waals surface area contributed by atoms with Gasteiger partial charge in [-0.3, -0.25) is 0 Å². The first kappa shape index (κ1) is 13.0. The number of rotatable bonds is 2. The number of likely N-dealkylation sites (tertiary alicyclic amines) is 1. The molecular weight excluding hydrogens is 254 g/mol. The third kappa shape index (κ3) is 2.36. The summed E-state index contributed by atoms with van der Waals surface area (Å²) < 4.78 is 0. The van der Waals surface area contributed by atoms with Crippen LogP contribution in [0.25, 0.3) is 10.9 Å². The molecule has 1 saturated heterocycles. The number of hydrogen-bond acceptors (Lipinski definition) is 2. The molecule has 0 radical (unpaired) electrons. The lowest BCUT2D eigenvalue weighted by atomic mass is 10.2. The highest BCUT2D eigenvalue weighted by Gasteiger charge is 2.30. The maximum atomic E-state index is 12.1. The number of aliphatic hydroxyl groups excluding tert-OH is 1. The Balaban J connectivity index is 1.66. The van der Waals surface area contributed by atoms with E-state index in [9.17, 15) is 9.90 Å². The summed E-state index contributed by atoms with van der Waals surface area (Å²) >= 11 is 0. The van der Waals surface area contributed by atoms with Crippen LogP contribution in [0.4, 0.5) is 4.79 Å². The first-order valence-electron chi connectivity index (χ1n) is 6.92. The standard InChI is InChI=1S/C15H19N3O2/c1-10-6-12(19)9-18(10)15(20)17-8-11-7-16-14-5-3-2-4-13(11)14/h2-5,7,10,12,16,19H,6,8-9H2,1H3,(H,17,20). The van der Waals surface area contributed by atoms with Crippen molar-refractivity contribution in [2.24, 2.45) is 0 Å². The molecule has 0 aliphatic carbocycles. The number of nitrogens with one attached hydrogen (secondary N) is 2. The van der Waals surface area contributed by atoms with Crippen molar-refractivity contribution in [2.75, 3.05) is 6.54 Å². The Hall–Kier alpha value is -2.01. The van der Waals surface area contributed by atoms with E-state index in [0.717, 1.165) is 16.5 Å². The van der Waals surface area contributed by atoms with Crippen LogP contribution in [-0.2, 0) is 6.54 Å². The number of H-pyrrole nitrogens is 1. The molecule has 20 heavy (non-hydrogen) atoms. The van der Waals surface area contributed by atoms with Gasteiger partial charge in [0, 0.05) is 36.2 Å². The average molecular weight is 273 g/mol. The summed E-state index contributed by atoms with van der Waals surface area (Å²) in [6, 6.07) is 8.00. The van der Waals surface area contributed by atoms with Gasteiger partial charge in [-0.25, -0.2) is 4.79 Å². The third-order valence-electron chi connectivity index (χ3n) is 3.92. The number of aromatic amines is 1. The van der Waals surface area contributed by atoms with Crippen molar-refractivity contribution < 1.29 is 9.90 Å². The molecule has 2 atom stereocenters. The fourth-order valence-electron chi connectivity index (χ4n) is 2.84. The molecule has 1 aliphatic heterocycles. The summed E-state index contributed by atoms with van der Waals surface area (Å²) in [5.74, 6) is 0. The number of para-hydroxylation sites is 1. The fraction of sp³-hybridized carbons (Fsp3) is 0.400. The minimum atomic E-state index is -0.399. The van der Waals surface area contributed by atoms with Crippen LogP contribution in [0, 0.1) is 0 Å². The monoisotopic (exact) mass is 273 g/mol. The van der Waals surface area contributed by atoms with Crippen molar-refractivity contribution >= 4 is 16.9 Å². The third-order valence-corrected chi connectivity index (χ3v) is 3.92. The molecule has 1 aliphatic rings. The summed E-state index contributed by atoms with van der Waals surface area (Å²) in [7, 11) is 0. The lowest BCUT2D eigenvalue weighted by Gasteiger charge is -2.21. The van der Waals surface area contributed by atoms with Crippen LogP contribution in [0.5, 0.6) is 0 Å². The fourth-order valence-corrected chi connectivity index (χ4v) is 2.84. The summed E-state index contributed by atoms with van der Waals surface area (Å²) in [5.41, 5.74) is 2.14. The molecule has 2 heterocycles. The number of fused-ring (bicyclic) bond motifs is 1. The molecule has 0 saturated carbocycles. The molecule has 1 aromatic carbocycles. The minimum Gasteiger partial charge on any atom is -0.391 e. The van der Waals surface area contributed by atoms with Crippen molar-refractivity contribution in [1.82, 2.24) is 15.2 Å². The van der Waals surface area contributed by atoms with E-state index in [0.29, 0.717) is 19.5 Å². The van der Waals surface area contributed by atoms with Crippen LogP contribution < -0.4 is 5.32 Å². The predicted octanol–water partition coefficient (Wildman–Crippen LogP) is 1.83. The summed E-state index contributed by atoms with van der Waals surface area (Å²) in [4.78, 5) is 17.0. The van der Waals surface area contributed by atoms with E-state index in [1.807, 2.05) is 37.4 Å². The second-order valence-corrected chi connectivity index (χ2v) is 5.41. The van der Waals surface area contributed by atoms with Gasteiger partial charge in [0.2, 0.25) is 0 Å². The molecular formula is C15H19N3O2. The Morgan fingerprint density at radius 2 is 2.30 bits per heavy atom. The smallest absolute Gasteiger partial charge is 0.317 e. The molecule has 0 spiro atoms. The molecule has 2 amide bonds. The zero-order valence-corrected chi connectivity index (χ0v) is 11.5. The molecule has 1 fully saturated rings. The first-order valence-corrected chi connectivity index (χ1v) is 6.92. The zero-order valence-electron chi connectivity index (χ0n) is 11.5. The highest BCUT2D eigenvalue weighted by molar-refractivity contribution is 5.83. The van der Waals surface area contributed by atoms with Crippen molar-refractivity contribution in [3.63, 3.8) is 0 Å². The summed E-state index contributed by atoms with van der Waals surface area (Å²) in [6.45, 7) is 2.87. The normalized spacial score (nSPS) is 22.4. The number of amides is 2. The van der Waals surface area contributed by atoms with Crippen molar-refractivity contribution in [1.29, 1.82) is 0 Å². The highest BCUT2D eigenvalue weighted by Crippen LogP contribution is 2.19. The highest BCUT2D eigenvalue weighted by atomic mass is 16.3. The van der Waals surface area contributed by atoms with E-state index in [2.05, 4.69) is 10.3 Å². The molecule has 3 N–H and O–H groups in total. The Bertz CT molecular complexity index is 622. The van der Waals surface area contributed by atoms with Crippen LogP contribution in [0.3, 0.4) is 0 Å². The van der Waals surface area contributed by atoms with E-state index in [1.54, 1.807) is 4.90 Å². The van der Waals surface area contributed by atoms with E-state index in [-0.39, 0.29) is 12.1 Å². The summed E-state index contributed by atoms with van der Waals surface area (Å²) in [6.07, 6.45) is 2.18. The van der Waals surface area contributed by atoms with Gasteiger partial charge in [-0.1, -0.05) is 18.2 Å². The molecule has 5 heteroatoms. The van der Waals surface area contributed by atoms with Crippen LogP contribution in [0.2, 0.25) is 0 Å². The number of hydrogen-bond donors (Lipinski definition) is 3. The molecule has 5 nitrogen and oxygen atoms in total.